The number of hydrogen-bond donors (Lipinski definition) is 1. The van der Waals surface area contributed by atoms with Crippen LogP contribution in [0.1, 0.15) is 28.5 Å². The monoisotopic (exact) mass is 382 g/mol. The highest BCUT2D eigenvalue weighted by Gasteiger charge is 2.19. The Bertz CT molecular complexity index is 1010. The zero-order valence-electron chi connectivity index (χ0n) is 14.8. The van der Waals surface area contributed by atoms with E-state index in [1.807, 2.05) is 6.07 Å². The molecule has 1 heterocycles. The normalized spacial score (nSPS) is 10.2. The number of esters is 1. The highest BCUT2D eigenvalue weighted by molar-refractivity contribution is 5.89. The molecule has 0 radical (unpaired) electrons. The van der Waals surface area contributed by atoms with Gasteiger partial charge in [0.05, 0.1) is 12.2 Å². The van der Waals surface area contributed by atoms with Crippen LogP contribution in [0.2, 0.25) is 0 Å². The molecule has 0 fully saturated rings. The van der Waals surface area contributed by atoms with Crippen LogP contribution in [0.15, 0.2) is 42.5 Å². The van der Waals surface area contributed by atoms with E-state index in [1.54, 1.807) is 19.1 Å². The number of benzene rings is 2. The number of halogens is 1. The lowest BCUT2D eigenvalue weighted by Crippen LogP contribution is -2.06. The molecule has 0 unspecified atom stereocenters. The molecule has 1 N–H and O–H groups in total. The van der Waals surface area contributed by atoms with Gasteiger partial charge >= 0.3 is 5.97 Å². The summed E-state index contributed by atoms with van der Waals surface area (Å²) in [6.07, 6.45) is 0. The molecule has 142 valence electrons. The lowest BCUT2D eigenvalue weighted by atomic mass is 10.2. The number of nitrogens with one attached hydrogen (secondary N) is 1. The van der Waals surface area contributed by atoms with Crippen molar-refractivity contribution >= 4 is 5.97 Å². The first-order chi connectivity index (χ1) is 13.6. The molecule has 1 aromatic heterocycles. The van der Waals surface area contributed by atoms with Gasteiger partial charge in [-0.2, -0.15) is 5.26 Å². The van der Waals surface area contributed by atoms with Crippen molar-refractivity contribution in [1.29, 1.82) is 5.26 Å². The highest BCUT2D eigenvalue weighted by atomic mass is 19.1. The van der Waals surface area contributed by atoms with Gasteiger partial charge in [0.25, 0.3) is 5.88 Å². The number of rotatable bonds is 7. The van der Waals surface area contributed by atoms with Crippen LogP contribution in [-0.4, -0.2) is 28.0 Å². The fourth-order valence-corrected chi connectivity index (χ4v) is 2.26. The zero-order valence-corrected chi connectivity index (χ0v) is 14.8. The highest BCUT2D eigenvalue weighted by Crippen LogP contribution is 2.29. The molecule has 9 heteroatoms. The van der Waals surface area contributed by atoms with Crippen molar-refractivity contribution in [2.75, 3.05) is 6.61 Å². The Morgan fingerprint density at radius 1 is 1.25 bits per heavy atom. The van der Waals surface area contributed by atoms with Crippen molar-refractivity contribution < 1.29 is 23.4 Å². The van der Waals surface area contributed by atoms with E-state index >= 15 is 0 Å². The third-order valence-electron chi connectivity index (χ3n) is 3.59. The van der Waals surface area contributed by atoms with E-state index < -0.39 is 5.97 Å². The van der Waals surface area contributed by atoms with Crippen LogP contribution in [0.3, 0.4) is 0 Å². The Hall–Kier alpha value is -3.93. The second kappa shape index (κ2) is 8.64. The summed E-state index contributed by atoms with van der Waals surface area (Å²) >= 11 is 0. The van der Waals surface area contributed by atoms with E-state index in [0.717, 1.165) is 5.56 Å². The van der Waals surface area contributed by atoms with Crippen LogP contribution in [0.4, 0.5) is 4.39 Å². The van der Waals surface area contributed by atoms with E-state index in [2.05, 4.69) is 15.4 Å². The van der Waals surface area contributed by atoms with Crippen LogP contribution >= 0.6 is 0 Å². The summed E-state index contributed by atoms with van der Waals surface area (Å²) in [7, 11) is 0. The molecular weight excluding hydrogens is 367 g/mol. The molecule has 3 rings (SSSR count). The lowest BCUT2D eigenvalue weighted by molar-refractivity contribution is 0.0516. The molecule has 0 aliphatic carbocycles. The largest absolute Gasteiger partial charge is 0.487 e. The van der Waals surface area contributed by atoms with Gasteiger partial charge in [-0.3, -0.25) is 0 Å². The second-order valence-corrected chi connectivity index (χ2v) is 5.50. The summed E-state index contributed by atoms with van der Waals surface area (Å²) < 4.78 is 29.1. The minimum absolute atomic E-state index is 0.0278. The maximum atomic E-state index is 13.0. The number of H-pyrrole nitrogens is 1. The Balaban J connectivity index is 1.78. The van der Waals surface area contributed by atoms with Crippen molar-refractivity contribution in [3.63, 3.8) is 0 Å². The number of aromatic amines is 1. The smallest absolute Gasteiger partial charge is 0.362 e. The van der Waals surface area contributed by atoms with Crippen molar-refractivity contribution in [3.05, 3.63) is 65.1 Å². The second-order valence-electron chi connectivity index (χ2n) is 5.50. The first kappa shape index (κ1) is 18.8. The maximum Gasteiger partial charge on any atom is 0.362 e. The fourth-order valence-electron chi connectivity index (χ4n) is 2.26. The van der Waals surface area contributed by atoms with Gasteiger partial charge in [0.15, 0.2) is 0 Å². The molecule has 0 aliphatic heterocycles. The average molecular weight is 382 g/mol. The van der Waals surface area contributed by atoms with Crippen molar-refractivity contribution in [1.82, 2.24) is 15.4 Å². The predicted molar refractivity (Wildman–Crippen MR) is 94.3 cm³/mol. The molecular formula is C19H15FN4O4. The van der Waals surface area contributed by atoms with Gasteiger partial charge < -0.3 is 14.2 Å². The SMILES string of the molecule is CCOC(=O)c1[nH]nnc1Oc1ccc(C#N)c(OCc2ccc(F)cc2)c1. The molecule has 0 atom stereocenters. The Kier molecular flexibility index (Phi) is 5.81. The van der Waals surface area contributed by atoms with Gasteiger partial charge in [0.2, 0.25) is 5.69 Å². The lowest BCUT2D eigenvalue weighted by Gasteiger charge is -2.10. The molecule has 2 aromatic carbocycles. The van der Waals surface area contributed by atoms with Gasteiger partial charge in [-0.05, 0) is 36.8 Å². The van der Waals surface area contributed by atoms with Crippen LogP contribution in [0, 0.1) is 17.1 Å². The van der Waals surface area contributed by atoms with Gasteiger partial charge in [0, 0.05) is 6.07 Å². The third-order valence-corrected chi connectivity index (χ3v) is 3.59. The van der Waals surface area contributed by atoms with Crippen molar-refractivity contribution in [2.24, 2.45) is 0 Å². The Morgan fingerprint density at radius 3 is 2.75 bits per heavy atom. The molecule has 0 aliphatic rings. The average Bonchev–Trinajstić information content (AvgIpc) is 3.16. The summed E-state index contributed by atoms with van der Waals surface area (Å²) in [6, 6.07) is 12.4. The first-order valence-corrected chi connectivity index (χ1v) is 8.28. The standard InChI is InChI=1S/C19H15FN4O4/c1-2-26-19(25)17-18(23-24-22-17)28-15-8-5-13(10-21)16(9-15)27-11-12-3-6-14(20)7-4-12/h3-9H,2,11H2,1H3,(H,22,23,24). The van der Waals surface area contributed by atoms with Gasteiger partial charge in [0.1, 0.15) is 30.0 Å². The number of nitrogens with zero attached hydrogens (tertiary/aromatic N) is 3. The molecule has 0 spiro atoms. The topological polar surface area (TPSA) is 110 Å². The van der Waals surface area contributed by atoms with E-state index in [-0.39, 0.29) is 42.1 Å². The van der Waals surface area contributed by atoms with E-state index in [0.29, 0.717) is 5.56 Å². The maximum absolute atomic E-state index is 13.0. The predicted octanol–water partition coefficient (Wildman–Crippen LogP) is 3.36. The van der Waals surface area contributed by atoms with Crippen molar-refractivity contribution in [2.45, 2.75) is 13.5 Å². The van der Waals surface area contributed by atoms with Crippen LogP contribution < -0.4 is 9.47 Å². The minimum Gasteiger partial charge on any atom is -0.487 e. The Labute approximate surface area is 159 Å². The van der Waals surface area contributed by atoms with E-state index in [1.165, 1.54) is 30.3 Å². The molecule has 0 amide bonds. The summed E-state index contributed by atoms with van der Waals surface area (Å²) in [6.45, 7) is 2.00. The number of hydrogen-bond acceptors (Lipinski definition) is 7. The zero-order chi connectivity index (χ0) is 19.9. The summed E-state index contributed by atoms with van der Waals surface area (Å²) in [5.74, 6) is -0.503. The number of nitriles is 1. The van der Waals surface area contributed by atoms with Crippen LogP contribution in [-0.2, 0) is 11.3 Å². The number of aromatic nitrogens is 3. The van der Waals surface area contributed by atoms with Crippen LogP contribution in [0.5, 0.6) is 17.4 Å². The van der Waals surface area contributed by atoms with Crippen molar-refractivity contribution in [3.8, 4) is 23.4 Å². The minimum atomic E-state index is -0.649. The summed E-state index contributed by atoms with van der Waals surface area (Å²) in [5, 5.41) is 19.0. The third kappa shape index (κ3) is 4.42. The fraction of sp³-hybridized carbons (Fsp3) is 0.158. The summed E-state index contributed by atoms with van der Waals surface area (Å²) in [5.41, 5.74) is 0.998. The Morgan fingerprint density at radius 2 is 2.04 bits per heavy atom. The van der Waals surface area contributed by atoms with Crippen LogP contribution in [0.25, 0.3) is 0 Å². The molecule has 28 heavy (non-hydrogen) atoms. The quantitative estimate of drug-likeness (QED) is 0.624. The van der Waals surface area contributed by atoms with E-state index in [9.17, 15) is 14.4 Å². The first-order valence-electron chi connectivity index (χ1n) is 8.28. The number of carbonyl (C=O) groups is 1. The number of carbonyl (C=O) groups excluding carboxylic acids is 1. The summed E-state index contributed by atoms with van der Waals surface area (Å²) in [4.78, 5) is 11.9. The number of ether oxygens (including phenoxy) is 3. The molecule has 0 bridgehead atoms. The van der Waals surface area contributed by atoms with E-state index in [4.69, 9.17) is 14.2 Å². The van der Waals surface area contributed by atoms with Gasteiger partial charge in [-0.25, -0.2) is 14.3 Å². The molecule has 8 nitrogen and oxygen atoms in total. The molecule has 3 aromatic rings. The van der Waals surface area contributed by atoms with Gasteiger partial charge in [-0.15, -0.1) is 0 Å². The molecule has 0 saturated carbocycles. The molecule has 0 saturated heterocycles. The van der Waals surface area contributed by atoms with Gasteiger partial charge in [-0.1, -0.05) is 22.4 Å².